The van der Waals surface area contributed by atoms with E-state index in [1.54, 1.807) is 11.3 Å². The number of nitrogens with zero attached hydrogens (tertiary/aromatic N) is 2. The van der Waals surface area contributed by atoms with Crippen LogP contribution in [0.4, 0.5) is 10.8 Å². The van der Waals surface area contributed by atoms with Crippen molar-refractivity contribution in [3.05, 3.63) is 40.4 Å². The molecule has 0 aliphatic rings. The SMILES string of the molecule is CNCc1sc(N(C)c2ccc(C)cc2)nc1C. The molecule has 4 heteroatoms. The number of rotatable bonds is 4. The van der Waals surface area contributed by atoms with Gasteiger partial charge >= 0.3 is 0 Å². The van der Waals surface area contributed by atoms with E-state index in [0.717, 1.165) is 17.4 Å². The van der Waals surface area contributed by atoms with Crippen molar-refractivity contribution in [1.29, 1.82) is 0 Å². The van der Waals surface area contributed by atoms with Gasteiger partial charge in [-0.3, -0.25) is 0 Å². The van der Waals surface area contributed by atoms with Gasteiger partial charge in [0, 0.05) is 24.2 Å². The van der Waals surface area contributed by atoms with Crippen LogP contribution < -0.4 is 10.2 Å². The van der Waals surface area contributed by atoms with Crippen LogP contribution in [0.25, 0.3) is 0 Å². The summed E-state index contributed by atoms with van der Waals surface area (Å²) in [5.74, 6) is 0. The number of nitrogens with one attached hydrogen (secondary N) is 1. The summed E-state index contributed by atoms with van der Waals surface area (Å²) in [7, 11) is 4.02. The van der Waals surface area contributed by atoms with E-state index in [1.807, 2.05) is 7.05 Å². The molecule has 0 aliphatic carbocycles. The Balaban J connectivity index is 2.25. The van der Waals surface area contributed by atoms with Gasteiger partial charge in [-0.05, 0) is 33.0 Å². The molecule has 0 aliphatic heterocycles. The molecular formula is C14H19N3S. The standard InChI is InChI=1S/C14H19N3S/c1-10-5-7-12(8-6-10)17(4)14-16-11(2)13(18-14)9-15-3/h5-8,15H,9H2,1-4H3. The van der Waals surface area contributed by atoms with Gasteiger partial charge in [-0.1, -0.05) is 29.0 Å². The van der Waals surface area contributed by atoms with Crippen molar-refractivity contribution in [1.82, 2.24) is 10.3 Å². The van der Waals surface area contributed by atoms with Crippen molar-refractivity contribution < 1.29 is 0 Å². The number of hydrogen-bond acceptors (Lipinski definition) is 4. The first-order chi connectivity index (χ1) is 8.61. The number of thiazole rings is 1. The Morgan fingerprint density at radius 1 is 1.22 bits per heavy atom. The third-order valence-electron chi connectivity index (χ3n) is 2.93. The molecule has 0 saturated heterocycles. The monoisotopic (exact) mass is 261 g/mol. The van der Waals surface area contributed by atoms with Gasteiger partial charge in [0.2, 0.25) is 0 Å². The van der Waals surface area contributed by atoms with Crippen molar-refractivity contribution in [3.8, 4) is 0 Å². The fourth-order valence-electron chi connectivity index (χ4n) is 1.76. The van der Waals surface area contributed by atoms with Crippen LogP contribution in [0.5, 0.6) is 0 Å². The van der Waals surface area contributed by atoms with Crippen LogP contribution in [0.15, 0.2) is 24.3 Å². The van der Waals surface area contributed by atoms with Crippen molar-refractivity contribution in [2.45, 2.75) is 20.4 Å². The van der Waals surface area contributed by atoms with E-state index in [1.165, 1.54) is 16.1 Å². The second-order valence-corrected chi connectivity index (χ2v) is 5.49. The third kappa shape index (κ3) is 2.71. The fourth-order valence-corrected chi connectivity index (χ4v) is 2.81. The van der Waals surface area contributed by atoms with Crippen LogP contribution in [0.3, 0.4) is 0 Å². The minimum atomic E-state index is 0.880. The lowest BCUT2D eigenvalue weighted by molar-refractivity contribution is 0.822. The molecule has 1 heterocycles. The first kappa shape index (κ1) is 13.1. The lowest BCUT2D eigenvalue weighted by atomic mass is 10.2. The van der Waals surface area contributed by atoms with Gasteiger partial charge < -0.3 is 10.2 Å². The molecule has 2 rings (SSSR count). The van der Waals surface area contributed by atoms with Crippen molar-refractivity contribution >= 4 is 22.2 Å². The maximum absolute atomic E-state index is 4.63. The summed E-state index contributed by atoms with van der Waals surface area (Å²) in [6.45, 7) is 5.04. The Kier molecular flexibility index (Phi) is 3.99. The van der Waals surface area contributed by atoms with Crippen LogP contribution in [-0.2, 0) is 6.54 Å². The number of benzene rings is 1. The van der Waals surface area contributed by atoms with E-state index in [4.69, 9.17) is 0 Å². The first-order valence-electron chi connectivity index (χ1n) is 6.03. The highest BCUT2D eigenvalue weighted by Gasteiger charge is 2.11. The molecule has 3 nitrogen and oxygen atoms in total. The van der Waals surface area contributed by atoms with Crippen molar-refractivity contribution in [2.24, 2.45) is 0 Å². The summed E-state index contributed by atoms with van der Waals surface area (Å²) in [6.07, 6.45) is 0. The van der Waals surface area contributed by atoms with Gasteiger partial charge in [0.1, 0.15) is 0 Å². The molecule has 0 amide bonds. The minimum Gasteiger partial charge on any atom is -0.321 e. The molecule has 0 radical (unpaired) electrons. The average molecular weight is 261 g/mol. The Morgan fingerprint density at radius 3 is 2.50 bits per heavy atom. The van der Waals surface area contributed by atoms with Crippen LogP contribution in [0, 0.1) is 13.8 Å². The van der Waals surface area contributed by atoms with E-state index >= 15 is 0 Å². The summed E-state index contributed by atoms with van der Waals surface area (Å²) >= 11 is 1.74. The normalized spacial score (nSPS) is 10.7. The highest BCUT2D eigenvalue weighted by molar-refractivity contribution is 7.15. The van der Waals surface area contributed by atoms with Crippen LogP contribution >= 0.6 is 11.3 Å². The fraction of sp³-hybridized carbons (Fsp3) is 0.357. The van der Waals surface area contributed by atoms with Crippen LogP contribution in [0.1, 0.15) is 16.1 Å². The predicted molar refractivity (Wildman–Crippen MR) is 78.9 cm³/mol. The van der Waals surface area contributed by atoms with E-state index in [2.05, 4.69) is 60.4 Å². The topological polar surface area (TPSA) is 28.2 Å². The van der Waals surface area contributed by atoms with Crippen LogP contribution in [-0.4, -0.2) is 19.1 Å². The van der Waals surface area contributed by atoms with Gasteiger partial charge in [0.05, 0.1) is 5.69 Å². The second kappa shape index (κ2) is 5.50. The lowest BCUT2D eigenvalue weighted by Crippen LogP contribution is -2.08. The maximum Gasteiger partial charge on any atom is 0.190 e. The Labute approximate surface area is 112 Å². The highest BCUT2D eigenvalue weighted by atomic mass is 32.1. The van der Waals surface area contributed by atoms with E-state index < -0.39 is 0 Å². The Bertz CT molecular complexity index is 516. The van der Waals surface area contributed by atoms with Crippen molar-refractivity contribution in [3.63, 3.8) is 0 Å². The van der Waals surface area contributed by atoms with Gasteiger partial charge in [0.25, 0.3) is 0 Å². The summed E-state index contributed by atoms with van der Waals surface area (Å²) in [5, 5.41) is 4.22. The average Bonchev–Trinajstić information content (AvgIpc) is 2.72. The first-order valence-corrected chi connectivity index (χ1v) is 6.84. The largest absolute Gasteiger partial charge is 0.321 e. The molecule has 0 fully saturated rings. The number of hydrogen-bond donors (Lipinski definition) is 1. The summed E-state index contributed by atoms with van der Waals surface area (Å²) in [5.41, 5.74) is 3.56. The summed E-state index contributed by atoms with van der Waals surface area (Å²) in [6, 6.07) is 8.51. The zero-order valence-corrected chi connectivity index (χ0v) is 12.1. The molecule has 1 aromatic heterocycles. The number of aromatic nitrogens is 1. The maximum atomic E-state index is 4.63. The van der Waals surface area contributed by atoms with E-state index in [0.29, 0.717) is 0 Å². The Morgan fingerprint density at radius 2 is 1.89 bits per heavy atom. The van der Waals surface area contributed by atoms with Gasteiger partial charge in [0.15, 0.2) is 5.13 Å². The smallest absolute Gasteiger partial charge is 0.190 e. The van der Waals surface area contributed by atoms with Crippen LogP contribution in [0.2, 0.25) is 0 Å². The van der Waals surface area contributed by atoms with Crippen molar-refractivity contribution in [2.75, 3.05) is 19.0 Å². The molecule has 18 heavy (non-hydrogen) atoms. The second-order valence-electron chi connectivity index (χ2n) is 4.43. The highest BCUT2D eigenvalue weighted by Crippen LogP contribution is 2.30. The van der Waals surface area contributed by atoms with Gasteiger partial charge in [-0.2, -0.15) is 0 Å². The summed E-state index contributed by atoms with van der Waals surface area (Å²) < 4.78 is 0. The molecule has 96 valence electrons. The molecule has 0 unspecified atom stereocenters. The number of anilines is 2. The molecular weight excluding hydrogens is 242 g/mol. The van der Waals surface area contributed by atoms with E-state index in [9.17, 15) is 0 Å². The molecule has 2 aromatic rings. The molecule has 1 N–H and O–H groups in total. The minimum absolute atomic E-state index is 0.880. The number of aryl methyl sites for hydroxylation is 2. The quantitative estimate of drug-likeness (QED) is 0.915. The zero-order chi connectivity index (χ0) is 13.1. The van der Waals surface area contributed by atoms with E-state index in [-0.39, 0.29) is 0 Å². The molecule has 0 saturated carbocycles. The molecule has 0 spiro atoms. The molecule has 1 aromatic carbocycles. The third-order valence-corrected chi connectivity index (χ3v) is 4.16. The molecule has 0 bridgehead atoms. The predicted octanol–water partition coefficient (Wildman–Crippen LogP) is 3.25. The molecule has 0 atom stereocenters. The van der Waals surface area contributed by atoms with Gasteiger partial charge in [-0.25, -0.2) is 4.98 Å². The summed E-state index contributed by atoms with van der Waals surface area (Å²) in [4.78, 5) is 8.07. The van der Waals surface area contributed by atoms with Gasteiger partial charge in [-0.15, -0.1) is 0 Å². The zero-order valence-electron chi connectivity index (χ0n) is 11.3. The Hall–Kier alpha value is -1.39. The lowest BCUT2D eigenvalue weighted by Gasteiger charge is -2.15.